The maximum absolute atomic E-state index is 12.2. The normalized spacial score (nSPS) is 14.4. The number of nitrogens with zero attached hydrogens (tertiary/aromatic N) is 1. The van der Waals surface area contributed by atoms with Crippen LogP contribution in [0, 0.1) is 0 Å². The van der Waals surface area contributed by atoms with E-state index in [0.717, 1.165) is 17.0 Å². The molecule has 5 nitrogen and oxygen atoms in total. The summed E-state index contributed by atoms with van der Waals surface area (Å²) >= 11 is 0. The third-order valence-electron chi connectivity index (χ3n) is 3.10. The number of hydrogen-bond donors (Lipinski definition) is 1. The van der Waals surface area contributed by atoms with Crippen LogP contribution in [0.5, 0.6) is 0 Å². The zero-order valence-electron chi connectivity index (χ0n) is 12.3. The van der Waals surface area contributed by atoms with Crippen molar-refractivity contribution < 1.29 is 13.2 Å². The molecule has 0 saturated carbocycles. The van der Waals surface area contributed by atoms with Crippen molar-refractivity contribution in [3.8, 4) is 0 Å². The summed E-state index contributed by atoms with van der Waals surface area (Å²) in [5, 5.41) is 2.81. The van der Waals surface area contributed by atoms with Gasteiger partial charge >= 0.3 is 0 Å². The van der Waals surface area contributed by atoms with Crippen LogP contribution >= 0.6 is 0 Å². The van der Waals surface area contributed by atoms with E-state index in [-0.39, 0.29) is 11.9 Å². The Balaban J connectivity index is 3.05. The average Bonchev–Trinajstić information content (AvgIpc) is 2.38. The van der Waals surface area contributed by atoms with Crippen molar-refractivity contribution in [2.24, 2.45) is 0 Å². The Morgan fingerprint density at radius 1 is 1.25 bits per heavy atom. The summed E-state index contributed by atoms with van der Waals surface area (Å²) in [6.07, 6.45) is 1.90. The topological polar surface area (TPSA) is 66.5 Å². The number of carbonyl (C=O) groups excluding carboxylic acids is 1. The van der Waals surface area contributed by atoms with Crippen LogP contribution in [0.1, 0.15) is 27.2 Å². The van der Waals surface area contributed by atoms with Gasteiger partial charge in [-0.25, -0.2) is 8.42 Å². The molecule has 0 fully saturated rings. The number of rotatable bonds is 6. The van der Waals surface area contributed by atoms with Crippen molar-refractivity contribution in [3.05, 3.63) is 30.3 Å². The summed E-state index contributed by atoms with van der Waals surface area (Å²) in [5.74, 6) is -0.298. The number of para-hydroxylation sites is 1. The Labute approximate surface area is 121 Å². The Bertz CT molecular complexity index is 543. The number of benzene rings is 1. The molecule has 1 N–H and O–H groups in total. The minimum absolute atomic E-state index is 0.0159. The first-order chi connectivity index (χ1) is 9.27. The largest absolute Gasteiger partial charge is 0.352 e. The molecule has 0 aliphatic rings. The van der Waals surface area contributed by atoms with Crippen molar-refractivity contribution in [2.45, 2.75) is 39.3 Å². The molecule has 0 radical (unpaired) electrons. The van der Waals surface area contributed by atoms with Crippen LogP contribution in [0.4, 0.5) is 5.69 Å². The third-order valence-corrected chi connectivity index (χ3v) is 4.34. The zero-order valence-corrected chi connectivity index (χ0v) is 13.1. The van der Waals surface area contributed by atoms with E-state index in [1.165, 1.54) is 0 Å². The standard InChI is InChI=1S/C14H22N2O3S/c1-5-11(2)15-14(17)12(3)16(20(4,18)19)13-9-7-6-8-10-13/h6-12H,5H2,1-4H3,(H,15,17)/t11-,12-/m1/s1. The molecule has 0 heterocycles. The van der Waals surface area contributed by atoms with E-state index in [0.29, 0.717) is 5.69 Å². The molecular formula is C14H22N2O3S. The van der Waals surface area contributed by atoms with Crippen LogP contribution in [0.25, 0.3) is 0 Å². The van der Waals surface area contributed by atoms with Crippen LogP contribution in [0.3, 0.4) is 0 Å². The third kappa shape index (κ3) is 4.23. The van der Waals surface area contributed by atoms with Gasteiger partial charge in [-0.1, -0.05) is 25.1 Å². The van der Waals surface area contributed by atoms with Crippen LogP contribution in [-0.2, 0) is 14.8 Å². The van der Waals surface area contributed by atoms with Gasteiger partial charge in [-0.15, -0.1) is 0 Å². The van der Waals surface area contributed by atoms with Gasteiger partial charge in [0.2, 0.25) is 15.9 Å². The molecular weight excluding hydrogens is 276 g/mol. The summed E-state index contributed by atoms with van der Waals surface area (Å²) in [7, 11) is -3.53. The lowest BCUT2D eigenvalue weighted by Crippen LogP contribution is -2.49. The molecule has 6 heteroatoms. The molecule has 0 aliphatic heterocycles. The monoisotopic (exact) mass is 298 g/mol. The molecule has 20 heavy (non-hydrogen) atoms. The predicted molar refractivity (Wildman–Crippen MR) is 81.1 cm³/mol. The van der Waals surface area contributed by atoms with E-state index in [4.69, 9.17) is 0 Å². The van der Waals surface area contributed by atoms with Crippen molar-refractivity contribution in [1.29, 1.82) is 0 Å². The minimum Gasteiger partial charge on any atom is -0.352 e. The van der Waals surface area contributed by atoms with Crippen molar-refractivity contribution in [2.75, 3.05) is 10.6 Å². The molecule has 0 aliphatic carbocycles. The fourth-order valence-corrected chi connectivity index (χ4v) is 3.02. The van der Waals surface area contributed by atoms with Crippen molar-refractivity contribution in [1.82, 2.24) is 5.32 Å². The molecule has 112 valence electrons. The lowest BCUT2D eigenvalue weighted by molar-refractivity contribution is -0.122. The second-order valence-electron chi connectivity index (χ2n) is 4.89. The van der Waals surface area contributed by atoms with E-state index in [9.17, 15) is 13.2 Å². The number of anilines is 1. The number of amides is 1. The lowest BCUT2D eigenvalue weighted by atomic mass is 10.2. The number of sulfonamides is 1. The fourth-order valence-electron chi connectivity index (χ4n) is 1.85. The maximum atomic E-state index is 12.2. The second kappa shape index (κ2) is 6.74. The molecule has 0 aromatic heterocycles. The molecule has 0 bridgehead atoms. The Hall–Kier alpha value is -1.56. The average molecular weight is 298 g/mol. The lowest BCUT2D eigenvalue weighted by Gasteiger charge is -2.29. The fraction of sp³-hybridized carbons (Fsp3) is 0.500. The van der Waals surface area contributed by atoms with E-state index in [2.05, 4.69) is 5.32 Å². The molecule has 0 spiro atoms. The van der Waals surface area contributed by atoms with Crippen LogP contribution < -0.4 is 9.62 Å². The molecule has 1 amide bonds. The maximum Gasteiger partial charge on any atom is 0.243 e. The van der Waals surface area contributed by atoms with Gasteiger partial charge in [-0.2, -0.15) is 0 Å². The summed E-state index contributed by atoms with van der Waals surface area (Å²) in [5.41, 5.74) is 0.488. The smallest absolute Gasteiger partial charge is 0.243 e. The van der Waals surface area contributed by atoms with Gasteiger partial charge in [0.25, 0.3) is 0 Å². The molecule has 1 aromatic carbocycles. The first-order valence-electron chi connectivity index (χ1n) is 6.62. The van der Waals surface area contributed by atoms with E-state index >= 15 is 0 Å². The SMILES string of the molecule is CC[C@@H](C)NC(=O)[C@@H](C)N(c1ccccc1)S(C)(=O)=O. The summed E-state index contributed by atoms with van der Waals surface area (Å²) in [4.78, 5) is 12.2. The van der Waals surface area contributed by atoms with Crippen LogP contribution in [0.15, 0.2) is 30.3 Å². The highest BCUT2D eigenvalue weighted by atomic mass is 32.2. The van der Waals surface area contributed by atoms with Gasteiger partial charge in [0, 0.05) is 6.04 Å². The van der Waals surface area contributed by atoms with E-state index in [1.54, 1.807) is 37.3 Å². The highest BCUT2D eigenvalue weighted by molar-refractivity contribution is 7.92. The highest BCUT2D eigenvalue weighted by Gasteiger charge is 2.29. The van der Waals surface area contributed by atoms with Gasteiger partial charge in [0.15, 0.2) is 0 Å². The van der Waals surface area contributed by atoms with Gasteiger partial charge in [0.05, 0.1) is 11.9 Å². The summed E-state index contributed by atoms with van der Waals surface area (Å²) < 4.78 is 25.1. The summed E-state index contributed by atoms with van der Waals surface area (Å²) in [6, 6.07) is 7.86. The van der Waals surface area contributed by atoms with Gasteiger partial charge in [-0.3, -0.25) is 9.10 Å². The highest BCUT2D eigenvalue weighted by Crippen LogP contribution is 2.20. The quantitative estimate of drug-likeness (QED) is 0.870. The minimum atomic E-state index is -3.53. The van der Waals surface area contributed by atoms with Crippen LogP contribution in [-0.4, -0.2) is 32.7 Å². The van der Waals surface area contributed by atoms with Crippen LogP contribution in [0.2, 0.25) is 0 Å². The number of hydrogen-bond acceptors (Lipinski definition) is 3. The molecule has 0 unspecified atom stereocenters. The summed E-state index contributed by atoms with van der Waals surface area (Å²) in [6.45, 7) is 5.44. The number of nitrogens with one attached hydrogen (secondary N) is 1. The van der Waals surface area contributed by atoms with Gasteiger partial charge in [0.1, 0.15) is 6.04 Å². The Morgan fingerprint density at radius 3 is 2.25 bits per heavy atom. The van der Waals surface area contributed by atoms with Gasteiger partial charge < -0.3 is 5.32 Å². The zero-order chi connectivity index (χ0) is 15.3. The molecule has 0 saturated heterocycles. The van der Waals surface area contributed by atoms with Crippen molar-refractivity contribution in [3.63, 3.8) is 0 Å². The van der Waals surface area contributed by atoms with Gasteiger partial charge in [-0.05, 0) is 32.4 Å². The Kier molecular flexibility index (Phi) is 5.56. The van der Waals surface area contributed by atoms with E-state index in [1.807, 2.05) is 13.8 Å². The molecule has 1 rings (SSSR count). The first-order valence-corrected chi connectivity index (χ1v) is 8.47. The second-order valence-corrected chi connectivity index (χ2v) is 6.75. The number of carbonyl (C=O) groups is 1. The predicted octanol–water partition coefficient (Wildman–Crippen LogP) is 1.76. The first kappa shape index (κ1) is 16.5. The van der Waals surface area contributed by atoms with Crippen molar-refractivity contribution >= 4 is 21.6 Å². The van der Waals surface area contributed by atoms with E-state index < -0.39 is 16.1 Å². The Morgan fingerprint density at radius 2 is 1.80 bits per heavy atom. The molecule has 1 aromatic rings. The molecule has 2 atom stereocenters.